The summed E-state index contributed by atoms with van der Waals surface area (Å²) in [5.41, 5.74) is 21.8. The third kappa shape index (κ3) is 5.52. The summed E-state index contributed by atoms with van der Waals surface area (Å²) in [5, 5.41) is 0. The lowest BCUT2D eigenvalue weighted by Gasteiger charge is -2.50. The first-order valence-corrected chi connectivity index (χ1v) is 23.8. The van der Waals surface area contributed by atoms with E-state index in [-0.39, 0.29) is 27.3 Å². The fourth-order valence-corrected chi connectivity index (χ4v) is 13.5. The van der Waals surface area contributed by atoms with Crippen molar-refractivity contribution in [2.24, 2.45) is 0 Å². The minimum atomic E-state index is -0.128. The van der Waals surface area contributed by atoms with Crippen LogP contribution in [0.4, 0.5) is 34.1 Å². The fourth-order valence-electron chi connectivity index (χ4n) is 13.5. The van der Waals surface area contributed by atoms with Crippen LogP contribution < -0.4 is 19.6 Å². The van der Waals surface area contributed by atoms with Gasteiger partial charge in [-0.2, -0.15) is 0 Å². The van der Waals surface area contributed by atoms with Crippen LogP contribution in [0.5, 0.6) is 0 Å². The lowest BCUT2D eigenvalue weighted by Crippen LogP contribution is -2.54. The van der Waals surface area contributed by atoms with E-state index in [1.54, 1.807) is 0 Å². The summed E-state index contributed by atoms with van der Waals surface area (Å²) >= 11 is 0. The van der Waals surface area contributed by atoms with Crippen LogP contribution in [0.2, 0.25) is 0 Å². The molecule has 0 saturated heterocycles. The van der Waals surface area contributed by atoms with Gasteiger partial charge in [-0.15, -0.1) is 0 Å². The van der Waals surface area contributed by atoms with E-state index >= 15 is 0 Å². The standard InChI is InChI=1S/C59H66N4/c1-55(2)49-35-39(41-17-29-53-51(37-41)56(3)31-11-13-33-58(56,5)62(53)45-23-19-43(20-24-45)60(7)8)15-27-47(49)48-28-16-40(36-50(48)55)42-18-30-54-52(38-42)57(4)32-12-14-34-59(57,6)63(54)46-25-21-44(22-26-46)61(9)10/h15-30,35-38H,11-14,31-34H2,1-10H3. The molecule has 6 aromatic carbocycles. The van der Waals surface area contributed by atoms with E-state index in [1.165, 1.54) is 141 Å². The Morgan fingerprint density at radius 2 is 0.714 bits per heavy atom. The Bertz CT molecular complexity index is 2610. The summed E-state index contributed by atoms with van der Waals surface area (Å²) in [6.07, 6.45) is 9.94. The van der Waals surface area contributed by atoms with Gasteiger partial charge in [0.15, 0.2) is 0 Å². The van der Waals surface area contributed by atoms with Crippen molar-refractivity contribution < 1.29 is 0 Å². The van der Waals surface area contributed by atoms with Crippen LogP contribution in [0.3, 0.4) is 0 Å². The van der Waals surface area contributed by atoms with Crippen LogP contribution in [0.25, 0.3) is 33.4 Å². The molecule has 6 aromatic rings. The minimum absolute atomic E-state index is 0.0232. The van der Waals surface area contributed by atoms with Crippen LogP contribution in [0, 0.1) is 0 Å². The van der Waals surface area contributed by atoms with E-state index in [0.717, 1.165) is 0 Å². The van der Waals surface area contributed by atoms with Crippen molar-refractivity contribution in [1.82, 2.24) is 0 Å². The summed E-state index contributed by atoms with van der Waals surface area (Å²) in [5.74, 6) is 0. The number of rotatable bonds is 6. The van der Waals surface area contributed by atoms with E-state index in [2.05, 4.69) is 211 Å². The van der Waals surface area contributed by atoms with Crippen LogP contribution >= 0.6 is 0 Å². The lowest BCUT2D eigenvalue weighted by molar-refractivity contribution is 0.195. The lowest BCUT2D eigenvalue weighted by atomic mass is 9.61. The molecule has 0 aromatic heterocycles. The highest BCUT2D eigenvalue weighted by Crippen LogP contribution is 2.63. The van der Waals surface area contributed by atoms with Crippen molar-refractivity contribution in [1.29, 1.82) is 0 Å². The topological polar surface area (TPSA) is 13.0 Å². The molecule has 2 saturated carbocycles. The first-order valence-electron chi connectivity index (χ1n) is 23.8. The minimum Gasteiger partial charge on any atom is -0.378 e. The van der Waals surface area contributed by atoms with Crippen molar-refractivity contribution in [2.75, 3.05) is 47.8 Å². The van der Waals surface area contributed by atoms with E-state index in [1.807, 2.05) is 0 Å². The number of fused-ring (bicyclic) bond motifs is 9. The third-order valence-electron chi connectivity index (χ3n) is 17.8. The van der Waals surface area contributed by atoms with E-state index in [4.69, 9.17) is 0 Å². The second-order valence-corrected chi connectivity index (χ2v) is 21.7. The molecule has 63 heavy (non-hydrogen) atoms. The summed E-state index contributed by atoms with van der Waals surface area (Å²) in [6, 6.07) is 47.9. The molecular weight excluding hydrogens is 765 g/mol. The highest BCUT2D eigenvalue weighted by atomic mass is 15.3. The van der Waals surface area contributed by atoms with Gasteiger partial charge in [-0.05, 0) is 180 Å². The Hall–Kier alpha value is -5.48. The van der Waals surface area contributed by atoms with E-state index < -0.39 is 0 Å². The van der Waals surface area contributed by atoms with Crippen molar-refractivity contribution in [2.45, 2.75) is 120 Å². The molecule has 5 aliphatic rings. The van der Waals surface area contributed by atoms with Crippen LogP contribution in [0.15, 0.2) is 121 Å². The number of nitrogens with zero attached hydrogens (tertiary/aromatic N) is 4. The zero-order chi connectivity index (χ0) is 43.8. The van der Waals surface area contributed by atoms with Gasteiger partial charge in [0, 0.05) is 78.6 Å². The molecule has 4 atom stereocenters. The quantitative estimate of drug-likeness (QED) is 0.166. The van der Waals surface area contributed by atoms with Crippen molar-refractivity contribution in [3.8, 4) is 33.4 Å². The van der Waals surface area contributed by atoms with Gasteiger partial charge in [0.1, 0.15) is 0 Å². The van der Waals surface area contributed by atoms with Gasteiger partial charge in [0.2, 0.25) is 0 Å². The van der Waals surface area contributed by atoms with Gasteiger partial charge in [0.05, 0.1) is 11.1 Å². The van der Waals surface area contributed by atoms with E-state index in [0.29, 0.717) is 0 Å². The van der Waals surface area contributed by atoms with Crippen molar-refractivity contribution in [3.63, 3.8) is 0 Å². The Labute approximate surface area is 377 Å². The average Bonchev–Trinajstić information content (AvgIpc) is 3.73. The smallest absolute Gasteiger partial charge is 0.0517 e. The van der Waals surface area contributed by atoms with E-state index in [9.17, 15) is 0 Å². The summed E-state index contributed by atoms with van der Waals surface area (Å²) in [6.45, 7) is 15.1. The molecule has 2 heterocycles. The van der Waals surface area contributed by atoms with Gasteiger partial charge in [-0.3, -0.25) is 0 Å². The molecule has 3 aliphatic carbocycles. The molecule has 2 fully saturated rings. The highest BCUT2D eigenvalue weighted by molar-refractivity contribution is 5.88. The maximum atomic E-state index is 2.69. The Morgan fingerprint density at radius 1 is 0.381 bits per heavy atom. The predicted molar refractivity (Wildman–Crippen MR) is 269 cm³/mol. The molecule has 0 amide bonds. The van der Waals surface area contributed by atoms with Crippen molar-refractivity contribution in [3.05, 3.63) is 144 Å². The molecule has 0 bridgehead atoms. The molecular formula is C59H66N4. The number of hydrogen-bond acceptors (Lipinski definition) is 4. The number of hydrogen-bond donors (Lipinski definition) is 0. The van der Waals surface area contributed by atoms with Crippen LogP contribution in [-0.4, -0.2) is 39.3 Å². The molecule has 0 radical (unpaired) electrons. The molecule has 0 N–H and O–H groups in total. The Morgan fingerprint density at radius 3 is 1.08 bits per heavy atom. The molecule has 4 nitrogen and oxygen atoms in total. The Balaban J connectivity index is 0.940. The number of anilines is 6. The second-order valence-electron chi connectivity index (χ2n) is 21.7. The maximum absolute atomic E-state index is 2.69. The molecule has 322 valence electrons. The fraction of sp³-hybridized carbons (Fsp3) is 0.390. The maximum Gasteiger partial charge on any atom is 0.0517 e. The van der Waals surface area contributed by atoms with Gasteiger partial charge in [-0.1, -0.05) is 89.8 Å². The van der Waals surface area contributed by atoms with Crippen LogP contribution in [0.1, 0.15) is 115 Å². The summed E-state index contributed by atoms with van der Waals surface area (Å²) < 4.78 is 0. The Kier molecular flexibility index (Phi) is 8.80. The second kappa shape index (κ2) is 13.8. The summed E-state index contributed by atoms with van der Waals surface area (Å²) in [4.78, 5) is 9.77. The first-order chi connectivity index (χ1) is 30.1. The monoisotopic (exact) mass is 831 g/mol. The third-order valence-corrected chi connectivity index (χ3v) is 17.8. The highest BCUT2D eigenvalue weighted by Gasteiger charge is 2.59. The van der Waals surface area contributed by atoms with Gasteiger partial charge >= 0.3 is 0 Å². The van der Waals surface area contributed by atoms with Crippen LogP contribution in [-0.2, 0) is 16.2 Å². The molecule has 0 spiro atoms. The largest absolute Gasteiger partial charge is 0.378 e. The van der Waals surface area contributed by atoms with Crippen molar-refractivity contribution >= 4 is 34.1 Å². The molecule has 4 unspecified atom stereocenters. The number of benzene rings is 6. The van der Waals surface area contributed by atoms with Gasteiger partial charge in [0.25, 0.3) is 0 Å². The molecule has 11 rings (SSSR count). The summed E-state index contributed by atoms with van der Waals surface area (Å²) in [7, 11) is 8.49. The zero-order valence-electron chi connectivity index (χ0n) is 39.5. The van der Waals surface area contributed by atoms with Gasteiger partial charge < -0.3 is 19.6 Å². The SMILES string of the molecule is CN(C)c1ccc(N2c3ccc(-c4ccc5c(c4)C(C)(C)c4cc(-c6ccc7c(c6)C6(C)CCCCC6(C)N7c6ccc(N(C)C)cc6)ccc4-5)cc3C3(C)CCCCC23C)cc1. The normalized spacial score (nSPS) is 26.1. The predicted octanol–water partition coefficient (Wildman–Crippen LogP) is 14.9. The average molecular weight is 831 g/mol. The van der Waals surface area contributed by atoms with Gasteiger partial charge in [-0.25, -0.2) is 0 Å². The molecule has 2 aliphatic heterocycles. The zero-order valence-corrected chi connectivity index (χ0v) is 39.5. The first kappa shape index (κ1) is 40.3. The molecule has 4 heteroatoms.